The van der Waals surface area contributed by atoms with E-state index in [-0.39, 0.29) is 6.61 Å². The standard InChI is InChI=1S/C18H19NO/c1-19-17-10-6-5-9-15(17)16(11-12-20)18(19)13-14-7-3-2-4-8-14/h2-10,20H,11-13H2,1H3. The highest BCUT2D eigenvalue weighted by Crippen LogP contribution is 2.27. The second-order valence-corrected chi connectivity index (χ2v) is 5.14. The van der Waals surface area contributed by atoms with Crippen molar-refractivity contribution in [3.63, 3.8) is 0 Å². The molecule has 0 spiro atoms. The normalized spacial score (nSPS) is 11.1. The Morgan fingerprint density at radius 2 is 1.65 bits per heavy atom. The highest BCUT2D eigenvalue weighted by molar-refractivity contribution is 5.85. The van der Waals surface area contributed by atoms with Crippen LogP contribution in [0.2, 0.25) is 0 Å². The largest absolute Gasteiger partial charge is 0.396 e. The van der Waals surface area contributed by atoms with Gasteiger partial charge in [-0.2, -0.15) is 0 Å². The summed E-state index contributed by atoms with van der Waals surface area (Å²) in [7, 11) is 2.11. The van der Waals surface area contributed by atoms with E-state index in [9.17, 15) is 5.11 Å². The zero-order valence-corrected chi connectivity index (χ0v) is 11.7. The maximum absolute atomic E-state index is 9.37. The monoisotopic (exact) mass is 265 g/mol. The molecule has 0 aliphatic heterocycles. The maximum Gasteiger partial charge on any atom is 0.0482 e. The lowest BCUT2D eigenvalue weighted by molar-refractivity contribution is 0.299. The number of benzene rings is 2. The van der Waals surface area contributed by atoms with E-state index in [4.69, 9.17) is 0 Å². The minimum Gasteiger partial charge on any atom is -0.396 e. The molecule has 1 heterocycles. The minimum atomic E-state index is 0.190. The molecule has 2 nitrogen and oxygen atoms in total. The number of aliphatic hydroxyl groups is 1. The highest BCUT2D eigenvalue weighted by Gasteiger charge is 2.14. The van der Waals surface area contributed by atoms with Crippen molar-refractivity contribution >= 4 is 10.9 Å². The Balaban J connectivity index is 2.13. The summed E-state index contributed by atoms with van der Waals surface area (Å²) in [5.41, 5.74) is 5.11. The summed E-state index contributed by atoms with van der Waals surface area (Å²) in [6.07, 6.45) is 1.62. The molecule has 0 aliphatic rings. The van der Waals surface area contributed by atoms with Crippen molar-refractivity contribution in [1.29, 1.82) is 0 Å². The van der Waals surface area contributed by atoms with E-state index in [2.05, 4.69) is 60.1 Å². The lowest BCUT2D eigenvalue weighted by atomic mass is 10.0. The van der Waals surface area contributed by atoms with Crippen LogP contribution in [0.15, 0.2) is 54.6 Å². The lowest BCUT2D eigenvalue weighted by Crippen LogP contribution is -2.02. The van der Waals surface area contributed by atoms with Crippen LogP contribution in [0.3, 0.4) is 0 Å². The maximum atomic E-state index is 9.37. The third kappa shape index (κ3) is 2.23. The predicted molar refractivity (Wildman–Crippen MR) is 83.0 cm³/mol. The number of aliphatic hydroxyl groups excluding tert-OH is 1. The molecule has 0 radical (unpaired) electrons. The summed E-state index contributed by atoms with van der Waals surface area (Å²) in [6, 6.07) is 18.9. The first-order valence-electron chi connectivity index (χ1n) is 7.01. The van der Waals surface area contributed by atoms with Gasteiger partial charge in [0.15, 0.2) is 0 Å². The number of fused-ring (bicyclic) bond motifs is 1. The second kappa shape index (κ2) is 5.51. The van der Waals surface area contributed by atoms with Gasteiger partial charge >= 0.3 is 0 Å². The number of hydrogen-bond donors (Lipinski definition) is 1. The molecule has 0 fully saturated rings. The molecule has 0 bridgehead atoms. The van der Waals surface area contributed by atoms with Gasteiger partial charge in [-0.3, -0.25) is 0 Å². The topological polar surface area (TPSA) is 25.2 Å². The van der Waals surface area contributed by atoms with Gasteiger partial charge in [-0.25, -0.2) is 0 Å². The van der Waals surface area contributed by atoms with Gasteiger partial charge in [-0.1, -0.05) is 48.5 Å². The van der Waals surface area contributed by atoms with E-state index in [1.54, 1.807) is 0 Å². The molecule has 2 aromatic carbocycles. The Kier molecular flexibility index (Phi) is 3.57. The van der Waals surface area contributed by atoms with Gasteiger partial charge in [0.25, 0.3) is 0 Å². The number of aryl methyl sites for hydroxylation is 1. The van der Waals surface area contributed by atoms with Crippen molar-refractivity contribution < 1.29 is 5.11 Å². The van der Waals surface area contributed by atoms with Crippen molar-refractivity contribution in [2.45, 2.75) is 12.8 Å². The van der Waals surface area contributed by atoms with Crippen molar-refractivity contribution in [2.75, 3.05) is 6.61 Å². The first-order chi connectivity index (χ1) is 9.81. The molecule has 0 aliphatic carbocycles. The fraction of sp³-hybridized carbons (Fsp3) is 0.222. The van der Waals surface area contributed by atoms with Gasteiger partial charge in [0.05, 0.1) is 0 Å². The van der Waals surface area contributed by atoms with Crippen LogP contribution in [0.1, 0.15) is 16.8 Å². The second-order valence-electron chi connectivity index (χ2n) is 5.14. The van der Waals surface area contributed by atoms with Crippen molar-refractivity contribution in [1.82, 2.24) is 4.57 Å². The summed E-state index contributed by atoms with van der Waals surface area (Å²) in [4.78, 5) is 0. The molecule has 102 valence electrons. The first kappa shape index (κ1) is 12.9. The fourth-order valence-corrected chi connectivity index (χ4v) is 2.93. The zero-order chi connectivity index (χ0) is 13.9. The predicted octanol–water partition coefficient (Wildman–Crippen LogP) is 3.30. The van der Waals surface area contributed by atoms with Gasteiger partial charge < -0.3 is 9.67 Å². The average Bonchev–Trinajstić information content (AvgIpc) is 2.75. The fourth-order valence-electron chi connectivity index (χ4n) is 2.93. The average molecular weight is 265 g/mol. The number of rotatable bonds is 4. The molecule has 0 unspecified atom stereocenters. The Bertz CT molecular complexity index is 713. The SMILES string of the molecule is Cn1c(Cc2ccccc2)c(CCO)c2ccccc21. The molecule has 0 amide bonds. The van der Waals surface area contributed by atoms with Gasteiger partial charge in [0.2, 0.25) is 0 Å². The quantitative estimate of drug-likeness (QED) is 0.769. The van der Waals surface area contributed by atoms with Crippen LogP contribution >= 0.6 is 0 Å². The Labute approximate surface area is 119 Å². The van der Waals surface area contributed by atoms with E-state index >= 15 is 0 Å². The summed E-state index contributed by atoms with van der Waals surface area (Å²) in [5.74, 6) is 0. The van der Waals surface area contributed by atoms with Crippen LogP contribution in [-0.2, 0) is 19.9 Å². The molecule has 0 saturated heterocycles. The zero-order valence-electron chi connectivity index (χ0n) is 11.7. The number of hydrogen-bond acceptors (Lipinski definition) is 1. The Morgan fingerprint density at radius 3 is 2.40 bits per heavy atom. The molecule has 20 heavy (non-hydrogen) atoms. The smallest absolute Gasteiger partial charge is 0.0482 e. The van der Waals surface area contributed by atoms with Crippen LogP contribution < -0.4 is 0 Å². The van der Waals surface area contributed by atoms with E-state index in [0.29, 0.717) is 6.42 Å². The van der Waals surface area contributed by atoms with Gasteiger partial charge in [-0.05, 0) is 23.6 Å². The Hall–Kier alpha value is -2.06. The third-order valence-electron chi connectivity index (χ3n) is 3.92. The van der Waals surface area contributed by atoms with Crippen LogP contribution in [0.25, 0.3) is 10.9 Å². The van der Waals surface area contributed by atoms with Crippen molar-refractivity contribution in [3.8, 4) is 0 Å². The minimum absolute atomic E-state index is 0.190. The van der Waals surface area contributed by atoms with Crippen LogP contribution in [0.5, 0.6) is 0 Å². The van der Waals surface area contributed by atoms with E-state index in [1.165, 1.54) is 27.7 Å². The molecular weight excluding hydrogens is 246 g/mol. The van der Waals surface area contributed by atoms with Gasteiger partial charge in [0.1, 0.15) is 0 Å². The van der Waals surface area contributed by atoms with E-state index < -0.39 is 0 Å². The molecule has 0 atom stereocenters. The summed E-state index contributed by atoms with van der Waals surface area (Å²) < 4.78 is 2.26. The van der Waals surface area contributed by atoms with Crippen molar-refractivity contribution in [3.05, 3.63) is 71.4 Å². The van der Waals surface area contributed by atoms with E-state index in [0.717, 1.165) is 6.42 Å². The van der Waals surface area contributed by atoms with Crippen LogP contribution in [0.4, 0.5) is 0 Å². The summed E-state index contributed by atoms with van der Waals surface area (Å²) in [6.45, 7) is 0.190. The Morgan fingerprint density at radius 1 is 0.950 bits per heavy atom. The van der Waals surface area contributed by atoms with Crippen LogP contribution in [0, 0.1) is 0 Å². The number of nitrogens with zero attached hydrogens (tertiary/aromatic N) is 1. The highest BCUT2D eigenvalue weighted by atomic mass is 16.2. The third-order valence-corrected chi connectivity index (χ3v) is 3.92. The van der Waals surface area contributed by atoms with Gasteiger partial charge in [-0.15, -0.1) is 0 Å². The molecule has 0 saturated carbocycles. The summed E-state index contributed by atoms with van der Waals surface area (Å²) >= 11 is 0. The van der Waals surface area contributed by atoms with Gasteiger partial charge in [0, 0.05) is 36.7 Å². The first-order valence-corrected chi connectivity index (χ1v) is 7.01. The summed E-state index contributed by atoms with van der Waals surface area (Å²) in [5, 5.41) is 10.6. The molecule has 3 aromatic rings. The molecule has 1 N–H and O–H groups in total. The number of para-hydroxylation sites is 1. The van der Waals surface area contributed by atoms with Crippen LogP contribution in [-0.4, -0.2) is 16.3 Å². The molecular formula is C18H19NO. The number of aromatic nitrogens is 1. The molecule has 1 aromatic heterocycles. The van der Waals surface area contributed by atoms with Crippen molar-refractivity contribution in [2.24, 2.45) is 7.05 Å². The molecule has 2 heteroatoms. The molecule has 3 rings (SSSR count). The van der Waals surface area contributed by atoms with E-state index in [1.807, 2.05) is 6.07 Å². The lowest BCUT2D eigenvalue weighted by Gasteiger charge is -2.07.